The van der Waals surface area contributed by atoms with E-state index in [1.165, 1.54) is 29.2 Å². The first kappa shape index (κ1) is 21.9. The number of anilines is 2. The van der Waals surface area contributed by atoms with E-state index < -0.39 is 23.4 Å². The lowest BCUT2D eigenvalue weighted by Crippen LogP contribution is -2.28. The molecule has 0 fully saturated rings. The normalized spacial score (nSPS) is 11.3. The molecule has 0 aliphatic rings. The average Bonchev–Trinajstić information content (AvgIpc) is 3.28. The summed E-state index contributed by atoms with van der Waals surface area (Å²) in [6, 6.07) is 14.8. The molecular formula is C23H21FN6O3. The molecule has 10 heteroatoms. The number of rotatable bonds is 4. The fourth-order valence-electron chi connectivity index (χ4n) is 3.17. The van der Waals surface area contributed by atoms with Gasteiger partial charge in [0.2, 0.25) is 0 Å². The summed E-state index contributed by atoms with van der Waals surface area (Å²) in [7, 11) is 0. The molecule has 33 heavy (non-hydrogen) atoms. The Morgan fingerprint density at radius 2 is 1.70 bits per heavy atom. The highest BCUT2D eigenvalue weighted by atomic mass is 19.1. The smallest absolute Gasteiger partial charge is 0.412 e. The summed E-state index contributed by atoms with van der Waals surface area (Å²) >= 11 is 0. The third-order valence-electron chi connectivity index (χ3n) is 4.58. The summed E-state index contributed by atoms with van der Waals surface area (Å²) in [5.74, 6) is -1.25. The first-order chi connectivity index (χ1) is 15.7. The van der Waals surface area contributed by atoms with E-state index in [1.807, 2.05) is 24.3 Å². The van der Waals surface area contributed by atoms with Crippen molar-refractivity contribution in [3.63, 3.8) is 0 Å². The maximum Gasteiger partial charge on any atom is 0.412 e. The van der Waals surface area contributed by atoms with Crippen molar-refractivity contribution < 1.29 is 18.7 Å². The standard InChI is InChI=1S/C23H21FN6O3/c1-23(2,3)33-22(32)27-19-11-15-7-5-4-6-14(15)10-17(19)21(31)26-20-12-16(8-9-18(20)24)30-13-25-28-29-30/h4-13H,1-3H3,(H,26,31)(H,27,32). The lowest BCUT2D eigenvalue weighted by atomic mass is 10.0. The molecule has 3 aromatic carbocycles. The van der Waals surface area contributed by atoms with Crippen molar-refractivity contribution in [3.05, 3.63) is 72.3 Å². The first-order valence-electron chi connectivity index (χ1n) is 10.1. The quantitative estimate of drug-likeness (QED) is 0.474. The highest BCUT2D eigenvalue weighted by Crippen LogP contribution is 2.27. The molecule has 1 aromatic heterocycles. The molecule has 0 spiro atoms. The molecule has 0 unspecified atom stereocenters. The molecule has 2 N–H and O–H groups in total. The largest absolute Gasteiger partial charge is 0.444 e. The molecule has 0 saturated carbocycles. The van der Waals surface area contributed by atoms with E-state index in [1.54, 1.807) is 32.9 Å². The zero-order valence-electron chi connectivity index (χ0n) is 18.2. The summed E-state index contributed by atoms with van der Waals surface area (Å²) < 4.78 is 21.1. The van der Waals surface area contributed by atoms with Gasteiger partial charge in [-0.05, 0) is 72.3 Å². The molecule has 0 bridgehead atoms. The van der Waals surface area contributed by atoms with Crippen molar-refractivity contribution in [1.82, 2.24) is 20.2 Å². The minimum absolute atomic E-state index is 0.0654. The Morgan fingerprint density at radius 3 is 2.36 bits per heavy atom. The Labute approximate surface area is 188 Å². The minimum Gasteiger partial charge on any atom is -0.444 e. The number of hydrogen-bond donors (Lipinski definition) is 2. The van der Waals surface area contributed by atoms with Gasteiger partial charge >= 0.3 is 6.09 Å². The number of carbonyl (C=O) groups is 2. The van der Waals surface area contributed by atoms with Gasteiger partial charge in [-0.1, -0.05) is 24.3 Å². The number of halogens is 1. The third-order valence-corrected chi connectivity index (χ3v) is 4.58. The number of amides is 2. The van der Waals surface area contributed by atoms with E-state index in [-0.39, 0.29) is 16.9 Å². The number of aromatic nitrogens is 4. The second-order valence-corrected chi connectivity index (χ2v) is 8.24. The maximum atomic E-state index is 14.5. The first-order valence-corrected chi connectivity index (χ1v) is 10.1. The maximum absolute atomic E-state index is 14.5. The summed E-state index contributed by atoms with van der Waals surface area (Å²) in [5, 5.41) is 17.7. The topological polar surface area (TPSA) is 111 Å². The molecule has 4 rings (SSSR count). The van der Waals surface area contributed by atoms with Gasteiger partial charge in [0.05, 0.1) is 22.6 Å². The van der Waals surface area contributed by atoms with E-state index in [0.29, 0.717) is 5.69 Å². The monoisotopic (exact) mass is 448 g/mol. The Morgan fingerprint density at radius 1 is 0.970 bits per heavy atom. The van der Waals surface area contributed by atoms with Crippen LogP contribution in [0, 0.1) is 5.82 Å². The fourth-order valence-corrected chi connectivity index (χ4v) is 3.17. The highest BCUT2D eigenvalue weighted by molar-refractivity contribution is 6.12. The zero-order valence-corrected chi connectivity index (χ0v) is 18.2. The molecule has 4 aromatic rings. The van der Waals surface area contributed by atoms with Crippen LogP contribution in [0.2, 0.25) is 0 Å². The van der Waals surface area contributed by atoms with Gasteiger partial charge in [-0.2, -0.15) is 0 Å². The van der Waals surface area contributed by atoms with Gasteiger partial charge in [-0.15, -0.1) is 5.10 Å². The second-order valence-electron chi connectivity index (χ2n) is 8.24. The van der Waals surface area contributed by atoms with E-state index in [9.17, 15) is 14.0 Å². The number of ether oxygens (including phenoxy) is 1. The van der Waals surface area contributed by atoms with Crippen LogP contribution >= 0.6 is 0 Å². The van der Waals surface area contributed by atoms with Gasteiger partial charge in [0.15, 0.2) is 0 Å². The summed E-state index contributed by atoms with van der Waals surface area (Å²) in [6.07, 6.45) is 0.643. The van der Waals surface area contributed by atoms with Gasteiger partial charge < -0.3 is 10.1 Å². The molecule has 0 radical (unpaired) electrons. The number of nitrogens with zero attached hydrogens (tertiary/aromatic N) is 4. The number of hydrogen-bond acceptors (Lipinski definition) is 6. The molecule has 0 aliphatic heterocycles. The number of benzene rings is 3. The molecular weight excluding hydrogens is 427 g/mol. The summed E-state index contributed by atoms with van der Waals surface area (Å²) in [6.45, 7) is 5.21. The lowest BCUT2D eigenvalue weighted by Gasteiger charge is -2.20. The summed E-state index contributed by atoms with van der Waals surface area (Å²) in [4.78, 5) is 25.6. The van der Waals surface area contributed by atoms with Crippen LogP contribution in [0.5, 0.6) is 0 Å². The van der Waals surface area contributed by atoms with Gasteiger partial charge in [-0.25, -0.2) is 13.9 Å². The van der Waals surface area contributed by atoms with Crippen molar-refractivity contribution in [2.45, 2.75) is 26.4 Å². The summed E-state index contributed by atoms with van der Waals surface area (Å²) in [5.41, 5.74) is 0.0549. The van der Waals surface area contributed by atoms with E-state index in [2.05, 4.69) is 26.2 Å². The van der Waals surface area contributed by atoms with Gasteiger partial charge in [-0.3, -0.25) is 10.1 Å². The van der Waals surface area contributed by atoms with Crippen molar-refractivity contribution in [1.29, 1.82) is 0 Å². The van der Waals surface area contributed by atoms with Crippen LogP contribution in [-0.2, 0) is 4.74 Å². The van der Waals surface area contributed by atoms with Crippen molar-refractivity contribution in [3.8, 4) is 5.69 Å². The van der Waals surface area contributed by atoms with Crippen LogP contribution in [-0.4, -0.2) is 37.8 Å². The Bertz CT molecular complexity index is 1330. The molecule has 2 amide bonds. The van der Waals surface area contributed by atoms with E-state index in [0.717, 1.165) is 10.8 Å². The van der Waals surface area contributed by atoms with Crippen LogP contribution in [0.3, 0.4) is 0 Å². The fraction of sp³-hybridized carbons (Fsp3) is 0.174. The van der Waals surface area contributed by atoms with Gasteiger partial charge in [0.25, 0.3) is 5.91 Å². The van der Waals surface area contributed by atoms with Crippen LogP contribution in [0.4, 0.5) is 20.6 Å². The second kappa shape index (κ2) is 8.65. The minimum atomic E-state index is -0.719. The lowest BCUT2D eigenvalue weighted by molar-refractivity contribution is 0.0636. The zero-order chi connectivity index (χ0) is 23.6. The predicted octanol–water partition coefficient (Wildman–Crippen LogP) is 4.55. The molecule has 0 aliphatic carbocycles. The number of carbonyl (C=O) groups excluding carboxylic acids is 2. The molecule has 1 heterocycles. The predicted molar refractivity (Wildman–Crippen MR) is 121 cm³/mol. The third kappa shape index (κ3) is 5.12. The van der Waals surface area contributed by atoms with Crippen LogP contribution in [0.25, 0.3) is 16.5 Å². The molecule has 0 atom stereocenters. The molecule has 9 nitrogen and oxygen atoms in total. The van der Waals surface area contributed by atoms with Gasteiger partial charge in [0, 0.05) is 0 Å². The van der Waals surface area contributed by atoms with E-state index >= 15 is 0 Å². The average molecular weight is 448 g/mol. The Kier molecular flexibility index (Phi) is 5.74. The van der Waals surface area contributed by atoms with Crippen molar-refractivity contribution >= 4 is 34.1 Å². The molecule has 168 valence electrons. The number of tetrazole rings is 1. The van der Waals surface area contributed by atoms with Crippen LogP contribution in [0.1, 0.15) is 31.1 Å². The molecule has 0 saturated heterocycles. The Hall–Kier alpha value is -4.34. The highest BCUT2D eigenvalue weighted by Gasteiger charge is 2.20. The van der Waals surface area contributed by atoms with E-state index in [4.69, 9.17) is 4.74 Å². The van der Waals surface area contributed by atoms with Crippen LogP contribution < -0.4 is 10.6 Å². The van der Waals surface area contributed by atoms with Crippen LogP contribution in [0.15, 0.2) is 60.9 Å². The number of nitrogens with one attached hydrogen (secondary N) is 2. The Balaban J connectivity index is 1.69. The number of fused-ring (bicyclic) bond motifs is 1. The SMILES string of the molecule is CC(C)(C)OC(=O)Nc1cc2ccccc2cc1C(=O)Nc1cc(-n2cnnn2)ccc1F. The van der Waals surface area contributed by atoms with Crippen molar-refractivity contribution in [2.75, 3.05) is 10.6 Å². The van der Waals surface area contributed by atoms with Crippen molar-refractivity contribution in [2.24, 2.45) is 0 Å². The van der Waals surface area contributed by atoms with Gasteiger partial charge in [0.1, 0.15) is 17.7 Å².